The zero-order valence-corrected chi connectivity index (χ0v) is 14.4. The van der Waals surface area contributed by atoms with Crippen LogP contribution in [0.15, 0.2) is 45.2 Å². The van der Waals surface area contributed by atoms with Crippen molar-refractivity contribution in [3.8, 4) is 0 Å². The van der Waals surface area contributed by atoms with E-state index in [4.69, 9.17) is 43.6 Å². The maximum absolute atomic E-state index is 12.6. The Morgan fingerprint density at radius 3 is 1.96 bits per heavy atom. The summed E-state index contributed by atoms with van der Waals surface area (Å²) < 4.78 is 23.1. The molecule has 0 amide bonds. The third kappa shape index (κ3) is 3.80. The van der Waals surface area contributed by atoms with E-state index >= 15 is 0 Å². The normalized spacial score (nSPS) is 10.8. The minimum absolute atomic E-state index is 0.205. The highest BCUT2D eigenvalue weighted by atomic mass is 35.5. The van der Waals surface area contributed by atoms with Crippen LogP contribution in [0.4, 0.5) is 4.39 Å². The molecule has 124 valence electrons. The van der Waals surface area contributed by atoms with Gasteiger partial charge in [-0.2, -0.15) is 0 Å². The van der Waals surface area contributed by atoms with E-state index in [0.29, 0.717) is 27.9 Å². The maximum Gasteiger partial charge on any atom is 0.210 e. The van der Waals surface area contributed by atoms with E-state index < -0.39 is 0 Å². The molecule has 0 saturated carbocycles. The average molecular weight is 388 g/mol. The van der Waals surface area contributed by atoms with Crippen LogP contribution in [0.25, 0.3) is 22.2 Å². The van der Waals surface area contributed by atoms with Crippen LogP contribution in [-0.2, 0) is 11.8 Å². The van der Waals surface area contributed by atoms with Crippen LogP contribution in [0.1, 0.15) is 11.8 Å². The monoisotopic (exact) mass is 386 g/mol. The molecule has 0 fully saturated rings. The Morgan fingerprint density at radius 2 is 1.38 bits per heavy atom. The van der Waals surface area contributed by atoms with Gasteiger partial charge in [-0.3, -0.25) is 0 Å². The lowest BCUT2D eigenvalue weighted by Crippen LogP contribution is -1.74. The second-order valence-electron chi connectivity index (χ2n) is 4.71. The van der Waals surface area contributed by atoms with Gasteiger partial charge in [0.25, 0.3) is 0 Å². The third-order valence-corrected chi connectivity index (χ3v) is 3.71. The molecule has 2 aromatic heterocycles. The number of alkyl halides is 2. The van der Waals surface area contributed by atoms with Crippen molar-refractivity contribution >= 4 is 57.0 Å². The molecule has 2 aromatic carbocycles. The summed E-state index contributed by atoms with van der Waals surface area (Å²) in [5.41, 5.74) is 2.53. The molecule has 0 N–H and O–H groups in total. The SMILES string of the molecule is ClCc1nc2cc(Cl)ccc2o1.Fc1ccc2oc(CCl)nc2c1. The zero-order valence-electron chi connectivity index (χ0n) is 12.1. The Labute approximate surface area is 151 Å². The Bertz CT molecular complexity index is 904. The Balaban J connectivity index is 0.000000141. The topological polar surface area (TPSA) is 52.1 Å². The van der Waals surface area contributed by atoms with Crippen LogP contribution >= 0.6 is 34.8 Å². The van der Waals surface area contributed by atoms with Gasteiger partial charge in [0.05, 0.1) is 11.8 Å². The van der Waals surface area contributed by atoms with E-state index in [-0.39, 0.29) is 17.6 Å². The van der Waals surface area contributed by atoms with Gasteiger partial charge in [0.15, 0.2) is 11.2 Å². The molecule has 4 rings (SSSR count). The molecular weight excluding hydrogens is 378 g/mol. The Kier molecular flexibility index (Phi) is 5.23. The Hall–Kier alpha value is -1.82. The number of fused-ring (bicyclic) bond motifs is 2. The second-order valence-corrected chi connectivity index (χ2v) is 5.68. The van der Waals surface area contributed by atoms with Gasteiger partial charge < -0.3 is 8.83 Å². The van der Waals surface area contributed by atoms with Crippen LogP contribution in [0.2, 0.25) is 5.02 Å². The van der Waals surface area contributed by atoms with Gasteiger partial charge >= 0.3 is 0 Å². The highest BCUT2D eigenvalue weighted by molar-refractivity contribution is 6.31. The van der Waals surface area contributed by atoms with Crippen molar-refractivity contribution in [2.75, 3.05) is 0 Å². The molecule has 0 atom stereocenters. The number of rotatable bonds is 2. The lowest BCUT2D eigenvalue weighted by molar-refractivity contribution is 0.554. The van der Waals surface area contributed by atoms with Crippen molar-refractivity contribution in [1.82, 2.24) is 9.97 Å². The third-order valence-electron chi connectivity index (χ3n) is 3.02. The molecule has 0 aliphatic heterocycles. The van der Waals surface area contributed by atoms with Gasteiger partial charge in [-0.15, -0.1) is 23.2 Å². The first-order valence-corrected chi connectivity index (χ1v) is 8.25. The van der Waals surface area contributed by atoms with Crippen LogP contribution < -0.4 is 0 Å². The van der Waals surface area contributed by atoms with Gasteiger partial charge in [0, 0.05) is 11.1 Å². The standard InChI is InChI=1S/C8H5Cl2NO.C8H5ClFNO/c2*9-4-8-11-6-3-5(10)1-2-7(6)12-8/h2*1-3H,4H2. The summed E-state index contributed by atoms with van der Waals surface area (Å²) in [6.45, 7) is 0. The fourth-order valence-corrected chi connectivity index (χ4v) is 2.41. The van der Waals surface area contributed by atoms with Crippen molar-refractivity contribution in [1.29, 1.82) is 0 Å². The molecule has 0 saturated heterocycles. The van der Waals surface area contributed by atoms with E-state index in [0.717, 1.165) is 11.1 Å². The minimum Gasteiger partial charge on any atom is -0.439 e. The summed E-state index contributed by atoms with van der Waals surface area (Å²) in [4.78, 5) is 8.06. The number of nitrogens with zero attached hydrogens (tertiary/aromatic N) is 2. The molecule has 8 heteroatoms. The summed E-state index contributed by atoms with van der Waals surface area (Å²) in [5, 5.41) is 0.650. The van der Waals surface area contributed by atoms with E-state index in [9.17, 15) is 4.39 Å². The predicted molar refractivity (Wildman–Crippen MR) is 92.1 cm³/mol. The van der Waals surface area contributed by atoms with Gasteiger partial charge in [0.1, 0.15) is 16.9 Å². The number of hydrogen-bond donors (Lipinski definition) is 0. The maximum atomic E-state index is 12.6. The van der Waals surface area contributed by atoms with Crippen LogP contribution in [0, 0.1) is 5.82 Å². The zero-order chi connectivity index (χ0) is 17.1. The fourth-order valence-electron chi connectivity index (χ4n) is 2.01. The molecule has 0 aliphatic carbocycles. The van der Waals surface area contributed by atoms with Crippen LogP contribution in [-0.4, -0.2) is 9.97 Å². The smallest absolute Gasteiger partial charge is 0.210 e. The van der Waals surface area contributed by atoms with E-state index in [2.05, 4.69) is 9.97 Å². The highest BCUT2D eigenvalue weighted by Gasteiger charge is 2.05. The number of benzene rings is 2. The van der Waals surface area contributed by atoms with Gasteiger partial charge in [-0.1, -0.05) is 11.6 Å². The quantitative estimate of drug-likeness (QED) is 0.400. The molecule has 0 bridgehead atoms. The van der Waals surface area contributed by atoms with Crippen LogP contribution in [0.5, 0.6) is 0 Å². The Morgan fingerprint density at radius 1 is 0.833 bits per heavy atom. The summed E-state index contributed by atoms with van der Waals surface area (Å²) in [6.07, 6.45) is 0. The molecule has 2 heterocycles. The van der Waals surface area contributed by atoms with Crippen molar-refractivity contribution in [2.24, 2.45) is 0 Å². The first-order valence-electron chi connectivity index (χ1n) is 6.81. The molecular formula is C16H10Cl3FN2O2. The van der Waals surface area contributed by atoms with Crippen molar-refractivity contribution in [3.63, 3.8) is 0 Å². The average Bonchev–Trinajstić information content (AvgIpc) is 3.17. The summed E-state index contributed by atoms with van der Waals surface area (Å²) in [6, 6.07) is 9.46. The molecule has 0 radical (unpaired) electrons. The number of aromatic nitrogens is 2. The van der Waals surface area contributed by atoms with Gasteiger partial charge in [-0.05, 0) is 30.3 Å². The number of halogens is 4. The number of oxazole rings is 2. The predicted octanol–water partition coefficient (Wildman–Crippen LogP) is 5.93. The number of hydrogen-bond acceptors (Lipinski definition) is 4. The first-order chi connectivity index (χ1) is 11.6. The molecule has 0 spiro atoms. The molecule has 0 unspecified atom stereocenters. The van der Waals surface area contributed by atoms with E-state index in [1.807, 2.05) is 0 Å². The summed E-state index contributed by atoms with van der Waals surface area (Å²) >= 11 is 16.8. The van der Waals surface area contributed by atoms with Crippen molar-refractivity contribution < 1.29 is 13.2 Å². The van der Waals surface area contributed by atoms with Gasteiger partial charge in [0.2, 0.25) is 11.8 Å². The molecule has 4 aromatic rings. The lowest BCUT2D eigenvalue weighted by atomic mass is 10.3. The van der Waals surface area contributed by atoms with Gasteiger partial charge in [-0.25, -0.2) is 14.4 Å². The largest absolute Gasteiger partial charge is 0.439 e. The van der Waals surface area contributed by atoms with Crippen LogP contribution in [0.3, 0.4) is 0 Å². The fraction of sp³-hybridized carbons (Fsp3) is 0.125. The molecule has 0 aliphatic rings. The molecule has 4 nitrogen and oxygen atoms in total. The van der Waals surface area contributed by atoms with Crippen molar-refractivity contribution in [3.05, 3.63) is 59.0 Å². The highest BCUT2D eigenvalue weighted by Crippen LogP contribution is 2.20. The second kappa shape index (κ2) is 7.38. The van der Waals surface area contributed by atoms with E-state index in [1.54, 1.807) is 18.2 Å². The lowest BCUT2D eigenvalue weighted by Gasteiger charge is -1.85. The first kappa shape index (κ1) is 17.0. The summed E-state index contributed by atoms with van der Waals surface area (Å²) in [5.74, 6) is 1.10. The molecule has 24 heavy (non-hydrogen) atoms. The van der Waals surface area contributed by atoms with E-state index in [1.165, 1.54) is 18.2 Å². The minimum atomic E-state index is -0.322. The summed E-state index contributed by atoms with van der Waals surface area (Å²) in [7, 11) is 0. The van der Waals surface area contributed by atoms with Crippen molar-refractivity contribution in [2.45, 2.75) is 11.8 Å².